The standard InChI is InChI=1S/C18H18Br2N2O3/c1-2-9-24-15-6-3-13(4-7-15)11-21-22-18(23)12-25-17-8-5-14(19)10-16(17)20/h3-8,10-11H,2,9,12H2,1H3,(H,22,23)/b21-11+. The molecule has 2 aromatic carbocycles. The lowest BCUT2D eigenvalue weighted by Gasteiger charge is -2.07. The van der Waals surface area contributed by atoms with Gasteiger partial charge < -0.3 is 9.47 Å². The Morgan fingerprint density at radius 3 is 2.60 bits per heavy atom. The fraction of sp³-hybridized carbons (Fsp3) is 0.222. The minimum Gasteiger partial charge on any atom is -0.494 e. The van der Waals surface area contributed by atoms with Crippen molar-refractivity contribution in [3.05, 3.63) is 57.0 Å². The number of carbonyl (C=O) groups is 1. The summed E-state index contributed by atoms with van der Waals surface area (Å²) < 4.78 is 12.6. The second-order valence-corrected chi connectivity index (χ2v) is 6.84. The topological polar surface area (TPSA) is 59.9 Å². The first kappa shape index (κ1) is 19.5. The van der Waals surface area contributed by atoms with E-state index in [1.807, 2.05) is 36.4 Å². The maximum Gasteiger partial charge on any atom is 0.277 e. The number of hydrogen-bond acceptors (Lipinski definition) is 4. The van der Waals surface area contributed by atoms with E-state index < -0.39 is 0 Å². The summed E-state index contributed by atoms with van der Waals surface area (Å²) in [5.41, 5.74) is 3.29. The average molecular weight is 470 g/mol. The molecule has 2 aromatic rings. The largest absolute Gasteiger partial charge is 0.494 e. The molecule has 5 nitrogen and oxygen atoms in total. The van der Waals surface area contributed by atoms with E-state index in [4.69, 9.17) is 9.47 Å². The van der Waals surface area contributed by atoms with Gasteiger partial charge in [0.2, 0.25) is 0 Å². The third-order valence-electron chi connectivity index (χ3n) is 3.01. The molecule has 0 fully saturated rings. The molecule has 0 unspecified atom stereocenters. The molecule has 0 aliphatic rings. The Morgan fingerprint density at radius 2 is 1.92 bits per heavy atom. The molecule has 1 amide bonds. The van der Waals surface area contributed by atoms with Crippen molar-refractivity contribution in [3.63, 3.8) is 0 Å². The van der Waals surface area contributed by atoms with Gasteiger partial charge in [0.25, 0.3) is 5.91 Å². The van der Waals surface area contributed by atoms with Gasteiger partial charge in [-0.15, -0.1) is 0 Å². The van der Waals surface area contributed by atoms with Crippen molar-refractivity contribution in [2.24, 2.45) is 5.10 Å². The van der Waals surface area contributed by atoms with Crippen LogP contribution in [0, 0.1) is 0 Å². The van der Waals surface area contributed by atoms with Crippen molar-refractivity contribution < 1.29 is 14.3 Å². The van der Waals surface area contributed by atoms with E-state index in [1.165, 1.54) is 0 Å². The lowest BCUT2D eigenvalue weighted by molar-refractivity contribution is -0.123. The Bertz CT molecular complexity index is 734. The van der Waals surface area contributed by atoms with E-state index in [0.717, 1.165) is 26.7 Å². The quantitative estimate of drug-likeness (QED) is 0.456. The van der Waals surface area contributed by atoms with Crippen LogP contribution in [0.1, 0.15) is 18.9 Å². The maximum absolute atomic E-state index is 11.8. The minimum absolute atomic E-state index is 0.124. The summed E-state index contributed by atoms with van der Waals surface area (Å²) in [5.74, 6) is 1.07. The van der Waals surface area contributed by atoms with Gasteiger partial charge in [-0.2, -0.15) is 5.10 Å². The summed E-state index contributed by atoms with van der Waals surface area (Å²) in [7, 11) is 0. The zero-order valence-corrected chi connectivity index (χ0v) is 16.8. The molecule has 25 heavy (non-hydrogen) atoms. The van der Waals surface area contributed by atoms with Crippen molar-refractivity contribution in [2.45, 2.75) is 13.3 Å². The lowest BCUT2D eigenvalue weighted by Crippen LogP contribution is -2.24. The van der Waals surface area contributed by atoms with Crippen molar-refractivity contribution in [3.8, 4) is 11.5 Å². The molecule has 7 heteroatoms. The maximum atomic E-state index is 11.8. The molecular formula is C18H18Br2N2O3. The fourth-order valence-corrected chi connectivity index (χ4v) is 2.98. The van der Waals surface area contributed by atoms with Crippen molar-refractivity contribution in [1.29, 1.82) is 0 Å². The third kappa shape index (κ3) is 6.88. The molecule has 0 radical (unpaired) electrons. The molecule has 0 aliphatic heterocycles. The number of amides is 1. The molecule has 0 bridgehead atoms. The Hall–Kier alpha value is -1.86. The van der Waals surface area contributed by atoms with Gasteiger partial charge in [-0.1, -0.05) is 22.9 Å². The number of hydrazone groups is 1. The molecule has 0 saturated heterocycles. The van der Waals surface area contributed by atoms with E-state index in [2.05, 4.69) is 49.3 Å². The van der Waals surface area contributed by atoms with Crippen LogP contribution in [0.5, 0.6) is 11.5 Å². The van der Waals surface area contributed by atoms with Crippen LogP contribution in [0.25, 0.3) is 0 Å². The molecule has 132 valence electrons. The predicted octanol–water partition coefficient (Wildman–Crippen LogP) is 4.53. The van der Waals surface area contributed by atoms with Crippen molar-refractivity contribution >= 4 is 44.0 Å². The second-order valence-electron chi connectivity index (χ2n) is 5.07. The number of nitrogens with one attached hydrogen (secondary N) is 1. The molecule has 0 saturated carbocycles. The third-order valence-corrected chi connectivity index (χ3v) is 4.12. The van der Waals surface area contributed by atoms with Crippen LogP contribution in [0.3, 0.4) is 0 Å². The number of rotatable bonds is 8. The first-order valence-corrected chi connectivity index (χ1v) is 9.29. The minimum atomic E-state index is -0.339. The van der Waals surface area contributed by atoms with Gasteiger partial charge in [0, 0.05) is 4.47 Å². The Balaban J connectivity index is 1.78. The van der Waals surface area contributed by atoms with Gasteiger partial charge in [0.1, 0.15) is 11.5 Å². The van der Waals surface area contributed by atoms with Gasteiger partial charge in [0.05, 0.1) is 17.3 Å². The van der Waals surface area contributed by atoms with Crippen LogP contribution >= 0.6 is 31.9 Å². The molecule has 2 rings (SSSR count). The first-order valence-electron chi connectivity index (χ1n) is 7.71. The van der Waals surface area contributed by atoms with Gasteiger partial charge >= 0.3 is 0 Å². The predicted molar refractivity (Wildman–Crippen MR) is 105 cm³/mol. The summed E-state index contributed by atoms with van der Waals surface area (Å²) in [5, 5.41) is 3.92. The van der Waals surface area contributed by atoms with Crippen LogP contribution in [-0.2, 0) is 4.79 Å². The summed E-state index contributed by atoms with van der Waals surface area (Å²) in [6.45, 7) is 2.63. The molecule has 1 N–H and O–H groups in total. The smallest absolute Gasteiger partial charge is 0.277 e. The highest BCUT2D eigenvalue weighted by atomic mass is 79.9. The van der Waals surface area contributed by atoms with Crippen LogP contribution in [0.2, 0.25) is 0 Å². The zero-order chi connectivity index (χ0) is 18.1. The number of carbonyl (C=O) groups excluding carboxylic acids is 1. The number of ether oxygens (including phenoxy) is 2. The highest BCUT2D eigenvalue weighted by molar-refractivity contribution is 9.11. The molecule has 0 heterocycles. The number of benzene rings is 2. The molecule has 0 atom stereocenters. The van der Waals surface area contributed by atoms with E-state index >= 15 is 0 Å². The van der Waals surface area contributed by atoms with Crippen LogP contribution in [0.4, 0.5) is 0 Å². The van der Waals surface area contributed by atoms with E-state index in [-0.39, 0.29) is 12.5 Å². The zero-order valence-electron chi connectivity index (χ0n) is 13.7. The highest BCUT2D eigenvalue weighted by Gasteiger charge is 2.05. The Labute approximate surface area is 163 Å². The summed E-state index contributed by atoms with van der Waals surface area (Å²) in [6.07, 6.45) is 2.53. The first-order chi connectivity index (χ1) is 12.1. The van der Waals surface area contributed by atoms with Crippen LogP contribution in [0.15, 0.2) is 56.5 Å². The van der Waals surface area contributed by atoms with Gasteiger partial charge in [-0.3, -0.25) is 4.79 Å². The molecular weight excluding hydrogens is 452 g/mol. The normalized spacial score (nSPS) is 10.7. The van der Waals surface area contributed by atoms with Crippen LogP contribution in [-0.4, -0.2) is 25.3 Å². The highest BCUT2D eigenvalue weighted by Crippen LogP contribution is 2.28. The fourth-order valence-electron chi connectivity index (χ4n) is 1.82. The number of hydrogen-bond donors (Lipinski definition) is 1. The Kier molecular flexibility index (Phi) is 7.94. The molecule has 0 aliphatic carbocycles. The summed E-state index contributed by atoms with van der Waals surface area (Å²) in [6, 6.07) is 12.9. The SMILES string of the molecule is CCCOc1ccc(/C=N/NC(=O)COc2ccc(Br)cc2Br)cc1. The van der Waals surface area contributed by atoms with Crippen molar-refractivity contribution in [2.75, 3.05) is 13.2 Å². The molecule has 0 spiro atoms. The van der Waals surface area contributed by atoms with Gasteiger partial charge in [-0.25, -0.2) is 5.43 Å². The van der Waals surface area contributed by atoms with Crippen molar-refractivity contribution in [1.82, 2.24) is 5.43 Å². The average Bonchev–Trinajstić information content (AvgIpc) is 2.60. The summed E-state index contributed by atoms with van der Waals surface area (Å²) >= 11 is 6.73. The van der Waals surface area contributed by atoms with E-state index in [1.54, 1.807) is 12.3 Å². The summed E-state index contributed by atoms with van der Waals surface area (Å²) in [4.78, 5) is 11.8. The van der Waals surface area contributed by atoms with Crippen LogP contribution < -0.4 is 14.9 Å². The Morgan fingerprint density at radius 1 is 1.16 bits per heavy atom. The lowest BCUT2D eigenvalue weighted by atomic mass is 10.2. The van der Waals surface area contributed by atoms with Gasteiger partial charge in [0.15, 0.2) is 6.61 Å². The van der Waals surface area contributed by atoms with Gasteiger partial charge in [-0.05, 0) is 70.4 Å². The molecule has 0 aromatic heterocycles. The second kappa shape index (κ2) is 10.2. The van der Waals surface area contributed by atoms with E-state index in [9.17, 15) is 4.79 Å². The number of nitrogens with zero attached hydrogens (tertiary/aromatic N) is 1. The van der Waals surface area contributed by atoms with E-state index in [0.29, 0.717) is 12.4 Å². The monoisotopic (exact) mass is 468 g/mol. The number of halogens is 2.